The summed E-state index contributed by atoms with van der Waals surface area (Å²) in [7, 11) is 0. The van der Waals surface area contributed by atoms with Crippen molar-refractivity contribution < 1.29 is 19.1 Å². The molecule has 1 N–H and O–H groups in total. The molecule has 27 heavy (non-hydrogen) atoms. The minimum absolute atomic E-state index is 0.0666. The second-order valence-electron chi connectivity index (χ2n) is 5.60. The molecule has 3 amide bonds. The largest absolute Gasteiger partial charge is 0.478 e. The van der Waals surface area contributed by atoms with Gasteiger partial charge in [0.25, 0.3) is 11.1 Å². The summed E-state index contributed by atoms with van der Waals surface area (Å²) in [5.74, 6) is -0.158. The van der Waals surface area contributed by atoms with Crippen LogP contribution in [0.15, 0.2) is 36.4 Å². The van der Waals surface area contributed by atoms with Crippen molar-refractivity contribution in [2.75, 3.05) is 17.7 Å². The summed E-state index contributed by atoms with van der Waals surface area (Å²) < 4.78 is 5.29. The zero-order valence-electron chi connectivity index (χ0n) is 14.4. The molecule has 140 valence electrons. The number of carbonyl (C=O) groups is 3. The molecule has 3 rings (SSSR count). The predicted octanol–water partition coefficient (Wildman–Crippen LogP) is 3.58. The summed E-state index contributed by atoms with van der Waals surface area (Å²) in [5, 5.41) is 2.69. The maximum atomic E-state index is 12.4. The molecule has 1 fully saturated rings. The number of hydrogen-bond donors (Lipinski definition) is 1. The molecular formula is C18H16ClN3O4S. The van der Waals surface area contributed by atoms with Gasteiger partial charge >= 0.3 is 0 Å². The van der Waals surface area contributed by atoms with E-state index < -0.39 is 5.91 Å². The number of nitrogens with one attached hydrogen (secondary N) is 1. The van der Waals surface area contributed by atoms with Gasteiger partial charge in [0.1, 0.15) is 0 Å². The van der Waals surface area contributed by atoms with Crippen LogP contribution in [0.5, 0.6) is 5.88 Å². The molecule has 1 saturated heterocycles. The average molecular weight is 406 g/mol. The Labute approximate surface area is 165 Å². The summed E-state index contributed by atoms with van der Waals surface area (Å²) in [4.78, 5) is 41.1. The summed E-state index contributed by atoms with van der Waals surface area (Å²) >= 11 is 7.05. The summed E-state index contributed by atoms with van der Waals surface area (Å²) in [5.41, 5.74) is 1.39. The third-order valence-corrected chi connectivity index (χ3v) is 4.88. The first kappa shape index (κ1) is 19.2. The van der Waals surface area contributed by atoms with Gasteiger partial charge in [-0.05, 0) is 30.7 Å². The third kappa shape index (κ3) is 4.58. The lowest BCUT2D eigenvalue weighted by Gasteiger charge is -2.13. The number of carbonyl (C=O) groups excluding carboxylic acids is 3. The van der Waals surface area contributed by atoms with E-state index in [9.17, 15) is 14.4 Å². The minimum Gasteiger partial charge on any atom is -0.478 e. The first-order valence-electron chi connectivity index (χ1n) is 8.14. The van der Waals surface area contributed by atoms with Gasteiger partial charge < -0.3 is 10.1 Å². The van der Waals surface area contributed by atoms with Crippen molar-refractivity contribution in [1.29, 1.82) is 0 Å². The first-order valence-corrected chi connectivity index (χ1v) is 9.51. The van der Waals surface area contributed by atoms with Gasteiger partial charge in [-0.2, -0.15) is 0 Å². The van der Waals surface area contributed by atoms with Gasteiger partial charge in [0.05, 0.1) is 23.9 Å². The van der Waals surface area contributed by atoms with E-state index in [0.29, 0.717) is 18.2 Å². The average Bonchev–Trinajstić information content (AvgIpc) is 2.97. The van der Waals surface area contributed by atoms with E-state index in [2.05, 4.69) is 10.3 Å². The number of rotatable bonds is 6. The number of ether oxygens (including phenoxy) is 1. The lowest BCUT2D eigenvalue weighted by atomic mass is 10.2. The highest BCUT2D eigenvalue weighted by Gasteiger charge is 2.29. The van der Waals surface area contributed by atoms with Crippen molar-refractivity contribution in [1.82, 2.24) is 9.88 Å². The van der Waals surface area contributed by atoms with Crippen molar-refractivity contribution in [2.24, 2.45) is 0 Å². The maximum Gasteiger partial charge on any atom is 0.289 e. The van der Waals surface area contributed by atoms with Gasteiger partial charge in [-0.25, -0.2) is 4.98 Å². The first-order chi connectivity index (χ1) is 13.0. The van der Waals surface area contributed by atoms with Crippen LogP contribution in [0.3, 0.4) is 0 Å². The lowest BCUT2D eigenvalue weighted by molar-refractivity contribution is -0.125. The number of amides is 3. The fraction of sp³-hybridized carbons (Fsp3) is 0.222. The van der Waals surface area contributed by atoms with Crippen molar-refractivity contribution in [2.45, 2.75) is 13.5 Å². The van der Waals surface area contributed by atoms with Gasteiger partial charge in [0.2, 0.25) is 11.8 Å². The number of hydrogen-bond acceptors (Lipinski definition) is 6. The number of aromatic nitrogens is 1. The van der Waals surface area contributed by atoms with Crippen molar-refractivity contribution in [3.05, 3.63) is 52.7 Å². The number of anilines is 1. The van der Waals surface area contributed by atoms with Crippen molar-refractivity contribution in [3.63, 3.8) is 0 Å². The van der Waals surface area contributed by atoms with Gasteiger partial charge in [-0.15, -0.1) is 0 Å². The van der Waals surface area contributed by atoms with Crippen LogP contribution in [0.2, 0.25) is 5.02 Å². The van der Waals surface area contributed by atoms with Crippen LogP contribution in [0.25, 0.3) is 0 Å². The third-order valence-electron chi connectivity index (χ3n) is 3.72. The number of benzene rings is 1. The van der Waals surface area contributed by atoms with Gasteiger partial charge in [0, 0.05) is 11.8 Å². The number of thioether (sulfide) groups is 1. The number of nitrogens with zero attached hydrogens (tertiary/aromatic N) is 2. The molecule has 1 aromatic heterocycles. The van der Waals surface area contributed by atoms with Crippen molar-refractivity contribution in [3.8, 4) is 5.88 Å². The van der Waals surface area contributed by atoms with E-state index in [1.807, 2.05) is 6.92 Å². The van der Waals surface area contributed by atoms with Gasteiger partial charge in [-0.1, -0.05) is 35.5 Å². The summed E-state index contributed by atoms with van der Waals surface area (Å²) in [6.45, 7) is 2.46. The van der Waals surface area contributed by atoms with E-state index in [4.69, 9.17) is 16.3 Å². The minimum atomic E-state index is -0.462. The molecule has 1 aliphatic rings. The highest BCUT2D eigenvalue weighted by molar-refractivity contribution is 8.14. The summed E-state index contributed by atoms with van der Waals surface area (Å²) in [6, 6.07) is 10.0. The van der Waals surface area contributed by atoms with Crippen LogP contribution >= 0.6 is 23.4 Å². The fourth-order valence-electron chi connectivity index (χ4n) is 2.41. The fourth-order valence-corrected chi connectivity index (χ4v) is 3.33. The standard InChI is InChI=1S/C18H16ClN3O4S/c1-2-26-14-8-7-13(19)16(21-14)17(24)20-12-5-3-11(4-6-12)9-22-15(23)10-27-18(22)25/h3-8H,2,9-10H2,1H3,(H,20,24). The van der Waals surface area contributed by atoms with Crippen LogP contribution in [0.4, 0.5) is 10.5 Å². The van der Waals surface area contributed by atoms with Crippen LogP contribution < -0.4 is 10.1 Å². The van der Waals surface area contributed by atoms with E-state index in [1.54, 1.807) is 36.4 Å². The Morgan fingerprint density at radius 2 is 2.00 bits per heavy atom. The predicted molar refractivity (Wildman–Crippen MR) is 103 cm³/mol. The van der Waals surface area contributed by atoms with Crippen LogP contribution in [-0.4, -0.2) is 39.3 Å². The SMILES string of the molecule is CCOc1ccc(Cl)c(C(=O)Nc2ccc(CN3C(=O)CSC3=O)cc2)n1. The molecule has 0 saturated carbocycles. The number of halogens is 1. The van der Waals surface area contributed by atoms with E-state index >= 15 is 0 Å². The highest BCUT2D eigenvalue weighted by Crippen LogP contribution is 2.23. The molecule has 7 nitrogen and oxygen atoms in total. The highest BCUT2D eigenvalue weighted by atomic mass is 35.5. The molecule has 2 aromatic rings. The molecule has 0 spiro atoms. The van der Waals surface area contributed by atoms with Crippen LogP contribution in [0.1, 0.15) is 23.0 Å². The molecule has 0 aliphatic carbocycles. The van der Waals surface area contributed by atoms with Gasteiger partial charge in [-0.3, -0.25) is 19.3 Å². The quantitative estimate of drug-likeness (QED) is 0.790. The summed E-state index contributed by atoms with van der Waals surface area (Å²) in [6.07, 6.45) is 0. The zero-order valence-corrected chi connectivity index (χ0v) is 16.0. The second-order valence-corrected chi connectivity index (χ2v) is 6.93. The zero-order chi connectivity index (χ0) is 19.4. The monoisotopic (exact) mass is 405 g/mol. The lowest BCUT2D eigenvalue weighted by Crippen LogP contribution is -2.27. The molecular weight excluding hydrogens is 390 g/mol. The second kappa shape index (κ2) is 8.41. The Morgan fingerprint density at radius 1 is 1.26 bits per heavy atom. The van der Waals surface area contributed by atoms with E-state index in [-0.39, 0.29) is 34.2 Å². The molecule has 0 unspecified atom stereocenters. The van der Waals surface area contributed by atoms with Gasteiger partial charge in [0.15, 0.2) is 5.69 Å². The molecule has 0 atom stereocenters. The van der Waals surface area contributed by atoms with Crippen LogP contribution in [0, 0.1) is 0 Å². The molecule has 1 aromatic carbocycles. The molecule has 9 heteroatoms. The Bertz CT molecular complexity index is 873. The normalized spacial score (nSPS) is 13.8. The molecule has 0 bridgehead atoms. The Balaban J connectivity index is 1.67. The number of imide groups is 1. The number of pyridine rings is 1. The van der Waals surface area contributed by atoms with E-state index in [1.165, 1.54) is 4.90 Å². The Morgan fingerprint density at radius 3 is 2.63 bits per heavy atom. The van der Waals surface area contributed by atoms with Crippen LogP contribution in [-0.2, 0) is 11.3 Å². The Kier molecular flexibility index (Phi) is 5.98. The topological polar surface area (TPSA) is 88.6 Å². The van der Waals surface area contributed by atoms with Crippen molar-refractivity contribution >= 4 is 46.1 Å². The molecule has 2 heterocycles. The Hall–Kier alpha value is -2.58. The molecule has 1 aliphatic heterocycles. The molecule has 0 radical (unpaired) electrons. The maximum absolute atomic E-state index is 12.4. The smallest absolute Gasteiger partial charge is 0.289 e. The van der Waals surface area contributed by atoms with E-state index in [0.717, 1.165) is 17.3 Å².